The number of anilines is 1. The Labute approximate surface area is 63.0 Å². The van der Waals surface area contributed by atoms with Crippen molar-refractivity contribution in [2.45, 2.75) is 6.42 Å². The highest BCUT2D eigenvalue weighted by Crippen LogP contribution is 2.04. The summed E-state index contributed by atoms with van der Waals surface area (Å²) < 4.78 is 11.8. The van der Waals surface area contributed by atoms with Crippen LogP contribution >= 0.6 is 0 Å². The maximum Gasteiger partial charge on any atom is 0.305 e. The van der Waals surface area contributed by atoms with Gasteiger partial charge in [0.1, 0.15) is 0 Å². The van der Waals surface area contributed by atoms with Gasteiger partial charge in [-0.15, -0.1) is 0 Å². The van der Waals surface area contributed by atoms with Crippen LogP contribution in [0.2, 0.25) is 0 Å². The molecule has 0 aromatic carbocycles. The second kappa shape index (κ2) is 3.09. The molecule has 0 aliphatic carbocycles. The molecule has 0 aliphatic heterocycles. The van der Waals surface area contributed by atoms with Crippen molar-refractivity contribution in [2.24, 2.45) is 0 Å². The standard InChI is InChI=1S/C7H7FN2O/c8-7(11)2-5-1-6(9)4-10-3-5/h1,3-4H,2,9H2. The largest absolute Gasteiger partial charge is 0.397 e. The first kappa shape index (κ1) is 7.65. The topological polar surface area (TPSA) is 56.0 Å². The molecule has 0 amide bonds. The molecule has 0 saturated heterocycles. The minimum absolute atomic E-state index is 0.252. The number of pyridine rings is 1. The minimum atomic E-state index is -1.38. The van der Waals surface area contributed by atoms with Gasteiger partial charge in [-0.3, -0.25) is 9.78 Å². The third kappa shape index (κ3) is 2.33. The van der Waals surface area contributed by atoms with Crippen molar-refractivity contribution in [3.05, 3.63) is 24.0 Å². The van der Waals surface area contributed by atoms with Gasteiger partial charge in [-0.1, -0.05) is 0 Å². The number of carbonyl (C=O) groups is 1. The van der Waals surface area contributed by atoms with Crippen molar-refractivity contribution in [1.29, 1.82) is 0 Å². The van der Waals surface area contributed by atoms with Gasteiger partial charge in [-0.2, -0.15) is 4.39 Å². The Morgan fingerprint density at radius 1 is 1.64 bits per heavy atom. The van der Waals surface area contributed by atoms with E-state index in [1.807, 2.05) is 0 Å². The Balaban J connectivity index is 2.79. The monoisotopic (exact) mass is 154 g/mol. The molecule has 0 fully saturated rings. The number of aromatic nitrogens is 1. The quantitative estimate of drug-likeness (QED) is 0.638. The highest BCUT2D eigenvalue weighted by Gasteiger charge is 2.00. The van der Waals surface area contributed by atoms with Crippen LogP contribution in [0.5, 0.6) is 0 Å². The van der Waals surface area contributed by atoms with Gasteiger partial charge in [0.25, 0.3) is 0 Å². The summed E-state index contributed by atoms with van der Waals surface area (Å²) in [6, 6.07) is 0.141. The molecular formula is C7H7FN2O. The highest BCUT2D eigenvalue weighted by molar-refractivity contribution is 5.71. The van der Waals surface area contributed by atoms with Crippen LogP contribution in [0.4, 0.5) is 10.1 Å². The number of carbonyl (C=O) groups excluding carboxylic acids is 1. The van der Waals surface area contributed by atoms with Crippen molar-refractivity contribution in [3.8, 4) is 0 Å². The van der Waals surface area contributed by atoms with E-state index in [0.29, 0.717) is 11.3 Å². The van der Waals surface area contributed by atoms with Crippen LogP contribution in [0.3, 0.4) is 0 Å². The third-order valence-electron chi connectivity index (χ3n) is 1.16. The highest BCUT2D eigenvalue weighted by atomic mass is 19.1. The smallest absolute Gasteiger partial charge is 0.305 e. The number of hydrogen-bond donors (Lipinski definition) is 1. The van der Waals surface area contributed by atoms with Crippen LogP contribution < -0.4 is 5.73 Å². The van der Waals surface area contributed by atoms with Gasteiger partial charge in [0, 0.05) is 12.4 Å². The van der Waals surface area contributed by atoms with Gasteiger partial charge >= 0.3 is 6.04 Å². The molecule has 0 aliphatic rings. The van der Waals surface area contributed by atoms with Crippen molar-refractivity contribution >= 4 is 11.7 Å². The van der Waals surface area contributed by atoms with Crippen LogP contribution in [-0.2, 0) is 11.2 Å². The number of halogens is 1. The Morgan fingerprint density at radius 3 is 2.91 bits per heavy atom. The van der Waals surface area contributed by atoms with Crippen LogP contribution in [0, 0.1) is 0 Å². The summed E-state index contributed by atoms with van der Waals surface area (Å²) in [5.41, 5.74) is 6.27. The first-order valence-corrected chi connectivity index (χ1v) is 3.06. The van der Waals surface area contributed by atoms with Crippen LogP contribution in [0.1, 0.15) is 5.56 Å². The Kier molecular flexibility index (Phi) is 2.15. The normalized spacial score (nSPS) is 9.55. The summed E-state index contributed by atoms with van der Waals surface area (Å²) in [5, 5.41) is 0. The number of nitrogen functional groups attached to an aromatic ring is 1. The first-order valence-electron chi connectivity index (χ1n) is 3.06. The minimum Gasteiger partial charge on any atom is -0.397 e. The molecule has 0 saturated carbocycles. The van der Waals surface area contributed by atoms with E-state index in [2.05, 4.69) is 4.98 Å². The predicted octanol–water partition coefficient (Wildman–Crippen LogP) is 0.702. The first-order chi connectivity index (χ1) is 5.18. The summed E-state index contributed by atoms with van der Waals surface area (Å²) in [6.07, 6.45) is 2.60. The van der Waals surface area contributed by atoms with E-state index in [9.17, 15) is 9.18 Å². The van der Waals surface area contributed by atoms with Crippen molar-refractivity contribution < 1.29 is 9.18 Å². The van der Waals surface area contributed by atoms with Crippen LogP contribution in [0.25, 0.3) is 0 Å². The van der Waals surface area contributed by atoms with E-state index >= 15 is 0 Å². The molecule has 0 spiro atoms. The van der Waals surface area contributed by atoms with Crippen LogP contribution in [-0.4, -0.2) is 11.0 Å². The van der Waals surface area contributed by atoms with E-state index in [4.69, 9.17) is 5.73 Å². The zero-order valence-electron chi connectivity index (χ0n) is 5.75. The zero-order chi connectivity index (χ0) is 8.27. The average molecular weight is 154 g/mol. The van der Waals surface area contributed by atoms with Gasteiger partial charge in [0.2, 0.25) is 0 Å². The van der Waals surface area contributed by atoms with Gasteiger partial charge in [0.15, 0.2) is 0 Å². The fourth-order valence-corrected chi connectivity index (χ4v) is 0.765. The molecule has 1 rings (SSSR count). The van der Waals surface area contributed by atoms with Crippen molar-refractivity contribution in [2.75, 3.05) is 5.73 Å². The lowest BCUT2D eigenvalue weighted by Gasteiger charge is -1.95. The lowest BCUT2D eigenvalue weighted by molar-refractivity contribution is -0.128. The van der Waals surface area contributed by atoms with Crippen molar-refractivity contribution in [3.63, 3.8) is 0 Å². The second-order valence-corrected chi connectivity index (χ2v) is 2.16. The lowest BCUT2D eigenvalue weighted by atomic mass is 10.2. The molecule has 4 heteroatoms. The molecule has 2 N–H and O–H groups in total. The SMILES string of the molecule is Nc1cncc(CC(=O)F)c1. The molecule has 0 atom stereocenters. The molecule has 1 aromatic heterocycles. The van der Waals surface area contributed by atoms with Gasteiger partial charge in [-0.25, -0.2) is 0 Å². The molecule has 0 unspecified atom stereocenters. The number of rotatable bonds is 2. The molecular weight excluding hydrogens is 147 g/mol. The van der Waals surface area contributed by atoms with Crippen LogP contribution in [0.15, 0.2) is 18.5 Å². The number of nitrogens with two attached hydrogens (primary N) is 1. The number of hydrogen-bond acceptors (Lipinski definition) is 3. The fourth-order valence-electron chi connectivity index (χ4n) is 0.765. The van der Waals surface area contributed by atoms with Crippen molar-refractivity contribution in [1.82, 2.24) is 4.98 Å². The predicted molar refractivity (Wildman–Crippen MR) is 38.5 cm³/mol. The van der Waals surface area contributed by atoms with Gasteiger partial charge in [0.05, 0.1) is 12.1 Å². The lowest BCUT2D eigenvalue weighted by Crippen LogP contribution is -1.96. The molecule has 0 radical (unpaired) electrons. The van der Waals surface area contributed by atoms with E-state index in [1.165, 1.54) is 18.5 Å². The van der Waals surface area contributed by atoms with Gasteiger partial charge in [-0.05, 0) is 11.6 Å². The Bertz CT molecular complexity index is 275. The summed E-state index contributed by atoms with van der Waals surface area (Å²) in [7, 11) is 0. The second-order valence-electron chi connectivity index (χ2n) is 2.16. The summed E-state index contributed by atoms with van der Waals surface area (Å²) in [4.78, 5) is 13.7. The molecule has 1 aromatic rings. The molecule has 11 heavy (non-hydrogen) atoms. The third-order valence-corrected chi connectivity index (χ3v) is 1.16. The zero-order valence-corrected chi connectivity index (χ0v) is 5.75. The maximum atomic E-state index is 11.8. The molecule has 0 bridgehead atoms. The summed E-state index contributed by atoms with van der Waals surface area (Å²) >= 11 is 0. The van der Waals surface area contributed by atoms with E-state index in [1.54, 1.807) is 0 Å². The van der Waals surface area contributed by atoms with E-state index in [-0.39, 0.29) is 6.42 Å². The Morgan fingerprint density at radius 2 is 2.36 bits per heavy atom. The summed E-state index contributed by atoms with van der Waals surface area (Å²) in [6.45, 7) is 0. The summed E-state index contributed by atoms with van der Waals surface area (Å²) in [5.74, 6) is 0. The van der Waals surface area contributed by atoms with E-state index < -0.39 is 6.04 Å². The average Bonchev–Trinajstić information content (AvgIpc) is 1.85. The van der Waals surface area contributed by atoms with E-state index in [0.717, 1.165) is 0 Å². The fraction of sp³-hybridized carbons (Fsp3) is 0.143. The molecule has 58 valence electrons. The maximum absolute atomic E-state index is 11.8. The molecule has 1 heterocycles. The Hall–Kier alpha value is -1.45. The number of nitrogens with zero attached hydrogens (tertiary/aromatic N) is 1. The van der Waals surface area contributed by atoms with Gasteiger partial charge < -0.3 is 5.73 Å². The molecule has 3 nitrogen and oxygen atoms in total.